The Morgan fingerprint density at radius 1 is 1.69 bits per heavy atom. The fourth-order valence-corrected chi connectivity index (χ4v) is 1.43. The zero-order valence-corrected chi connectivity index (χ0v) is 10.3. The smallest absolute Gasteiger partial charge is 0.295 e. The van der Waals surface area contributed by atoms with Crippen molar-refractivity contribution in [3.8, 4) is 0 Å². The van der Waals surface area contributed by atoms with Crippen LogP contribution in [0.4, 0.5) is 15.8 Å². The number of hydrogen-bond acceptors (Lipinski definition) is 3. The van der Waals surface area contributed by atoms with E-state index in [1.807, 2.05) is 0 Å². The lowest BCUT2D eigenvalue weighted by Gasteiger charge is -2.06. The molecule has 0 heterocycles. The van der Waals surface area contributed by atoms with E-state index in [4.69, 9.17) is 11.6 Å². The Morgan fingerprint density at radius 3 is 2.81 bits per heavy atom. The van der Waals surface area contributed by atoms with Crippen LogP contribution in [0.1, 0.15) is 0 Å². The third kappa shape index (κ3) is 3.18. The highest BCUT2D eigenvalue weighted by Crippen LogP contribution is 2.30. The molecule has 1 rings (SSSR count). The highest BCUT2D eigenvalue weighted by atomic mass is 79.9. The molecule has 0 aliphatic rings. The topological polar surface area (TPSA) is 55.2 Å². The number of benzene rings is 1. The first-order valence-corrected chi connectivity index (χ1v) is 5.29. The summed E-state index contributed by atoms with van der Waals surface area (Å²) in [4.78, 5) is 9.99. The average molecular weight is 310 g/mol. The molecular weight excluding hydrogens is 302 g/mol. The van der Waals surface area contributed by atoms with E-state index >= 15 is 0 Å². The molecule has 0 aliphatic heterocycles. The Bertz CT molecular complexity index is 453. The number of rotatable bonds is 4. The lowest BCUT2D eigenvalue weighted by molar-refractivity contribution is -0.384. The van der Waals surface area contributed by atoms with Crippen LogP contribution in [0.5, 0.6) is 0 Å². The van der Waals surface area contributed by atoms with E-state index in [0.29, 0.717) is 5.03 Å². The molecule has 16 heavy (non-hydrogen) atoms. The summed E-state index contributed by atoms with van der Waals surface area (Å²) in [6.07, 6.45) is 0. The lowest BCUT2D eigenvalue weighted by Crippen LogP contribution is -2.04. The minimum atomic E-state index is -0.693. The van der Waals surface area contributed by atoms with Crippen LogP contribution in [0.3, 0.4) is 0 Å². The predicted octanol–water partition coefficient (Wildman–Crippen LogP) is 3.66. The molecule has 1 aromatic rings. The molecule has 0 saturated heterocycles. The summed E-state index contributed by atoms with van der Waals surface area (Å²) in [6, 6.07) is 2.12. The van der Waals surface area contributed by atoms with Gasteiger partial charge in [0, 0.05) is 5.03 Å². The van der Waals surface area contributed by atoms with Crippen molar-refractivity contribution in [2.75, 3.05) is 11.9 Å². The van der Waals surface area contributed by atoms with Crippen LogP contribution < -0.4 is 5.32 Å². The molecule has 0 atom stereocenters. The summed E-state index contributed by atoms with van der Waals surface area (Å²) in [5, 5.41) is 13.7. The van der Waals surface area contributed by atoms with Gasteiger partial charge in [0.25, 0.3) is 5.69 Å². The Hall–Kier alpha value is -1.14. The van der Waals surface area contributed by atoms with Crippen LogP contribution in [-0.4, -0.2) is 11.5 Å². The number of nitrogens with one attached hydrogen (secondary N) is 1. The van der Waals surface area contributed by atoms with Crippen LogP contribution in [0, 0.1) is 15.9 Å². The lowest BCUT2D eigenvalue weighted by atomic mass is 10.2. The number of hydrogen-bond donors (Lipinski definition) is 1. The van der Waals surface area contributed by atoms with Crippen molar-refractivity contribution in [3.05, 3.63) is 44.1 Å². The number of nitrogens with zero attached hydrogens (tertiary/aromatic N) is 1. The Morgan fingerprint density at radius 2 is 2.31 bits per heavy atom. The molecule has 0 saturated carbocycles. The molecule has 0 bridgehead atoms. The van der Waals surface area contributed by atoms with E-state index in [1.165, 1.54) is 6.07 Å². The van der Waals surface area contributed by atoms with Gasteiger partial charge in [0.2, 0.25) is 0 Å². The first kappa shape index (κ1) is 12.9. The Balaban J connectivity index is 3.09. The predicted molar refractivity (Wildman–Crippen MR) is 64.2 cm³/mol. The summed E-state index contributed by atoms with van der Waals surface area (Å²) < 4.78 is 13.2. The van der Waals surface area contributed by atoms with Gasteiger partial charge in [0.05, 0.1) is 22.0 Å². The highest BCUT2D eigenvalue weighted by Gasteiger charge is 2.17. The maximum absolute atomic E-state index is 13.1. The van der Waals surface area contributed by atoms with Gasteiger partial charge in [-0.2, -0.15) is 0 Å². The molecule has 0 aliphatic carbocycles. The SMILES string of the molecule is C=C(Cl)CNc1cc(Br)c(F)cc1[N+](=O)[O-]. The average Bonchev–Trinajstić information content (AvgIpc) is 2.18. The van der Waals surface area contributed by atoms with Crippen molar-refractivity contribution in [2.24, 2.45) is 0 Å². The fraction of sp³-hybridized carbons (Fsp3) is 0.111. The van der Waals surface area contributed by atoms with Crippen LogP contribution in [0.25, 0.3) is 0 Å². The van der Waals surface area contributed by atoms with Crippen molar-refractivity contribution >= 4 is 38.9 Å². The van der Waals surface area contributed by atoms with Crippen molar-refractivity contribution in [1.29, 1.82) is 0 Å². The maximum Gasteiger partial charge on any atom is 0.295 e. The van der Waals surface area contributed by atoms with Gasteiger partial charge in [0.15, 0.2) is 0 Å². The summed E-state index contributed by atoms with van der Waals surface area (Å²) in [6.45, 7) is 3.60. The first-order valence-electron chi connectivity index (χ1n) is 4.12. The summed E-state index contributed by atoms with van der Waals surface area (Å²) >= 11 is 8.46. The van der Waals surface area contributed by atoms with Crippen molar-refractivity contribution < 1.29 is 9.31 Å². The normalized spacial score (nSPS) is 9.94. The first-order chi connectivity index (χ1) is 7.41. The van der Waals surface area contributed by atoms with Crippen LogP contribution in [0.15, 0.2) is 28.2 Å². The molecule has 0 spiro atoms. The van der Waals surface area contributed by atoms with Gasteiger partial charge in [-0.25, -0.2) is 4.39 Å². The molecule has 1 aromatic carbocycles. The van der Waals surface area contributed by atoms with E-state index in [2.05, 4.69) is 27.8 Å². The molecule has 0 unspecified atom stereocenters. The van der Waals surface area contributed by atoms with Gasteiger partial charge < -0.3 is 5.32 Å². The summed E-state index contributed by atoms with van der Waals surface area (Å²) in [5.74, 6) is -0.693. The molecule has 86 valence electrons. The van der Waals surface area contributed by atoms with Crippen molar-refractivity contribution in [2.45, 2.75) is 0 Å². The molecular formula is C9H7BrClFN2O2. The van der Waals surface area contributed by atoms with E-state index < -0.39 is 10.7 Å². The second-order valence-electron chi connectivity index (χ2n) is 2.91. The quantitative estimate of drug-likeness (QED) is 0.682. The van der Waals surface area contributed by atoms with Crippen molar-refractivity contribution in [1.82, 2.24) is 0 Å². The molecule has 4 nitrogen and oxygen atoms in total. The van der Waals surface area contributed by atoms with Crippen LogP contribution >= 0.6 is 27.5 Å². The second-order valence-corrected chi connectivity index (χ2v) is 4.30. The van der Waals surface area contributed by atoms with Gasteiger partial charge in [0.1, 0.15) is 11.5 Å². The monoisotopic (exact) mass is 308 g/mol. The maximum atomic E-state index is 13.1. The van der Waals surface area contributed by atoms with Gasteiger partial charge in [-0.15, -0.1) is 0 Å². The number of anilines is 1. The van der Waals surface area contributed by atoms with E-state index in [-0.39, 0.29) is 22.4 Å². The molecule has 0 fully saturated rings. The third-order valence-corrected chi connectivity index (χ3v) is 2.45. The summed E-state index contributed by atoms with van der Waals surface area (Å²) in [7, 11) is 0. The Labute approximate surface area is 104 Å². The van der Waals surface area contributed by atoms with Crippen LogP contribution in [-0.2, 0) is 0 Å². The van der Waals surface area contributed by atoms with E-state index in [1.54, 1.807) is 0 Å². The van der Waals surface area contributed by atoms with Gasteiger partial charge in [-0.3, -0.25) is 10.1 Å². The Kier molecular flexibility index (Phi) is 4.26. The van der Waals surface area contributed by atoms with E-state index in [0.717, 1.165) is 6.07 Å². The minimum absolute atomic E-state index is 0.140. The zero-order valence-electron chi connectivity index (χ0n) is 7.97. The second kappa shape index (κ2) is 5.27. The zero-order chi connectivity index (χ0) is 12.3. The standard InChI is InChI=1S/C9H7BrClFN2O2/c1-5(11)4-13-8-2-6(10)7(12)3-9(8)14(15)16/h2-3,13H,1,4H2. The highest BCUT2D eigenvalue weighted by molar-refractivity contribution is 9.10. The van der Waals surface area contributed by atoms with E-state index in [9.17, 15) is 14.5 Å². The molecule has 0 aromatic heterocycles. The number of halogens is 3. The van der Waals surface area contributed by atoms with Crippen molar-refractivity contribution in [3.63, 3.8) is 0 Å². The molecule has 0 amide bonds. The third-order valence-electron chi connectivity index (χ3n) is 1.71. The molecule has 1 N–H and O–H groups in total. The van der Waals surface area contributed by atoms with Gasteiger partial charge in [-0.05, 0) is 22.0 Å². The van der Waals surface area contributed by atoms with Gasteiger partial charge >= 0.3 is 0 Å². The van der Waals surface area contributed by atoms with Gasteiger partial charge in [-0.1, -0.05) is 18.2 Å². The molecule has 7 heteroatoms. The number of nitro groups is 1. The molecule has 0 radical (unpaired) electrons. The van der Waals surface area contributed by atoms with Crippen LogP contribution in [0.2, 0.25) is 0 Å². The minimum Gasteiger partial charge on any atom is -0.375 e. The summed E-state index contributed by atoms with van der Waals surface area (Å²) in [5.41, 5.74) is -0.168. The number of nitro benzene ring substituents is 1. The largest absolute Gasteiger partial charge is 0.375 e. The fourth-order valence-electron chi connectivity index (χ4n) is 1.02.